The van der Waals surface area contributed by atoms with E-state index in [0.717, 1.165) is 17.7 Å². The van der Waals surface area contributed by atoms with Gasteiger partial charge in [-0.05, 0) is 37.5 Å². The Balaban J connectivity index is 2.50. The Labute approximate surface area is 107 Å². The third kappa shape index (κ3) is 4.65. The van der Waals surface area contributed by atoms with Crippen molar-refractivity contribution in [1.29, 1.82) is 0 Å². The summed E-state index contributed by atoms with van der Waals surface area (Å²) in [7, 11) is 0. The van der Waals surface area contributed by atoms with Crippen LogP contribution in [0.4, 0.5) is 0 Å². The molecule has 1 rings (SSSR count). The zero-order chi connectivity index (χ0) is 12.7. The van der Waals surface area contributed by atoms with Crippen LogP contribution >= 0.6 is 11.6 Å². The fraction of sp³-hybridized carbons (Fsp3) is 0.462. The van der Waals surface area contributed by atoms with E-state index in [-0.39, 0.29) is 11.8 Å². The average molecular weight is 256 g/mol. The van der Waals surface area contributed by atoms with Crippen LogP contribution < -0.4 is 10.1 Å². The van der Waals surface area contributed by atoms with E-state index in [9.17, 15) is 4.79 Å². The van der Waals surface area contributed by atoms with E-state index in [4.69, 9.17) is 16.3 Å². The van der Waals surface area contributed by atoms with E-state index in [1.165, 1.54) is 5.56 Å². The van der Waals surface area contributed by atoms with Crippen molar-refractivity contribution in [1.82, 2.24) is 5.32 Å². The van der Waals surface area contributed by atoms with Crippen molar-refractivity contribution >= 4 is 17.5 Å². The second kappa shape index (κ2) is 7.17. The van der Waals surface area contributed by atoms with Gasteiger partial charge in [-0.25, -0.2) is 0 Å². The van der Waals surface area contributed by atoms with Gasteiger partial charge in [0.15, 0.2) is 0 Å². The van der Waals surface area contributed by atoms with Gasteiger partial charge in [-0.2, -0.15) is 0 Å². The van der Waals surface area contributed by atoms with Gasteiger partial charge >= 0.3 is 0 Å². The quantitative estimate of drug-likeness (QED) is 0.792. The summed E-state index contributed by atoms with van der Waals surface area (Å²) in [6.45, 7) is 5.27. The van der Waals surface area contributed by atoms with Crippen LogP contribution in [0.5, 0.6) is 5.75 Å². The predicted octanol–water partition coefficient (Wildman–Crippen LogP) is 2.29. The van der Waals surface area contributed by atoms with Crippen LogP contribution in [0, 0.1) is 6.92 Å². The molecule has 1 aromatic rings. The molecule has 1 N–H and O–H groups in total. The van der Waals surface area contributed by atoms with Gasteiger partial charge in [0, 0.05) is 6.54 Å². The minimum absolute atomic E-state index is 0.0162. The molecule has 94 valence electrons. The molecule has 0 spiro atoms. The molecule has 0 aliphatic rings. The van der Waals surface area contributed by atoms with Crippen molar-refractivity contribution in [2.24, 2.45) is 0 Å². The van der Waals surface area contributed by atoms with Crippen LogP contribution in [0.2, 0.25) is 0 Å². The van der Waals surface area contributed by atoms with Crippen LogP contribution in [-0.4, -0.2) is 24.9 Å². The molecule has 0 aromatic heterocycles. The minimum Gasteiger partial charge on any atom is -0.494 e. The number of carbonyl (C=O) groups excluding carboxylic acids is 1. The molecule has 17 heavy (non-hydrogen) atoms. The molecule has 0 saturated carbocycles. The van der Waals surface area contributed by atoms with E-state index in [1.54, 1.807) is 0 Å². The van der Waals surface area contributed by atoms with Crippen LogP contribution in [0.1, 0.15) is 18.1 Å². The molecule has 0 unspecified atom stereocenters. The normalized spacial score (nSPS) is 10.1. The standard InChI is InChI=1S/C13H18ClNO2/c1-3-17-12-5-4-11(8-10(12)2)6-7-15-13(16)9-14/h4-5,8H,3,6-7,9H2,1-2H3,(H,15,16). The highest BCUT2D eigenvalue weighted by Crippen LogP contribution is 2.19. The maximum Gasteiger partial charge on any atom is 0.234 e. The number of nitrogens with one attached hydrogen (secondary N) is 1. The highest BCUT2D eigenvalue weighted by molar-refractivity contribution is 6.27. The highest BCUT2D eigenvalue weighted by Gasteiger charge is 2.02. The molecule has 4 heteroatoms. The highest BCUT2D eigenvalue weighted by atomic mass is 35.5. The Kier molecular flexibility index (Phi) is 5.84. The maximum atomic E-state index is 10.9. The summed E-state index contributed by atoms with van der Waals surface area (Å²) in [4.78, 5) is 10.9. The van der Waals surface area contributed by atoms with E-state index in [1.807, 2.05) is 26.0 Å². The first-order valence-corrected chi connectivity index (χ1v) is 6.25. The molecular formula is C13H18ClNO2. The number of alkyl halides is 1. The third-order valence-electron chi connectivity index (χ3n) is 2.40. The number of ether oxygens (including phenoxy) is 1. The van der Waals surface area contributed by atoms with Gasteiger partial charge in [0.1, 0.15) is 11.6 Å². The lowest BCUT2D eigenvalue weighted by Crippen LogP contribution is -2.26. The lowest BCUT2D eigenvalue weighted by atomic mass is 10.1. The first-order valence-electron chi connectivity index (χ1n) is 5.72. The number of halogens is 1. The summed E-state index contributed by atoms with van der Waals surface area (Å²) in [6.07, 6.45) is 0.801. The van der Waals surface area contributed by atoms with Crippen molar-refractivity contribution in [3.8, 4) is 5.75 Å². The predicted molar refractivity (Wildman–Crippen MR) is 69.8 cm³/mol. The summed E-state index contributed by atoms with van der Waals surface area (Å²) in [5.74, 6) is 0.804. The molecule has 0 aliphatic heterocycles. The van der Waals surface area contributed by atoms with Gasteiger partial charge < -0.3 is 10.1 Å². The Morgan fingerprint density at radius 1 is 1.47 bits per heavy atom. The van der Waals surface area contributed by atoms with Gasteiger partial charge in [-0.1, -0.05) is 12.1 Å². The first-order chi connectivity index (χ1) is 8.17. The Bertz CT molecular complexity index is 380. The zero-order valence-electron chi connectivity index (χ0n) is 10.3. The third-order valence-corrected chi connectivity index (χ3v) is 2.64. The van der Waals surface area contributed by atoms with Crippen molar-refractivity contribution in [2.45, 2.75) is 20.3 Å². The number of carbonyl (C=O) groups is 1. The van der Waals surface area contributed by atoms with Gasteiger partial charge in [-0.3, -0.25) is 4.79 Å². The summed E-state index contributed by atoms with van der Waals surface area (Å²) in [5, 5.41) is 2.74. The van der Waals surface area contributed by atoms with E-state index < -0.39 is 0 Å². The molecule has 0 fully saturated rings. The summed E-state index contributed by atoms with van der Waals surface area (Å²) >= 11 is 5.39. The summed E-state index contributed by atoms with van der Waals surface area (Å²) in [5.41, 5.74) is 2.30. The molecule has 0 radical (unpaired) electrons. The van der Waals surface area contributed by atoms with Crippen molar-refractivity contribution in [3.05, 3.63) is 29.3 Å². The molecule has 1 amide bonds. The van der Waals surface area contributed by atoms with Crippen LogP contribution in [-0.2, 0) is 11.2 Å². The fourth-order valence-corrected chi connectivity index (χ4v) is 1.67. The van der Waals surface area contributed by atoms with Gasteiger partial charge in [0.2, 0.25) is 5.91 Å². The number of hydrogen-bond donors (Lipinski definition) is 1. The van der Waals surface area contributed by atoms with Crippen LogP contribution in [0.25, 0.3) is 0 Å². The van der Waals surface area contributed by atoms with Crippen molar-refractivity contribution < 1.29 is 9.53 Å². The van der Waals surface area contributed by atoms with Gasteiger partial charge in [-0.15, -0.1) is 11.6 Å². The second-order valence-corrected chi connectivity index (χ2v) is 4.03. The molecular weight excluding hydrogens is 238 g/mol. The molecule has 0 heterocycles. The summed E-state index contributed by atoms with van der Waals surface area (Å²) < 4.78 is 5.46. The molecule has 0 atom stereocenters. The second-order valence-electron chi connectivity index (χ2n) is 3.77. The van der Waals surface area contributed by atoms with E-state index >= 15 is 0 Å². The Morgan fingerprint density at radius 3 is 2.82 bits per heavy atom. The minimum atomic E-state index is -0.130. The first kappa shape index (κ1) is 13.8. The number of benzene rings is 1. The molecule has 0 bridgehead atoms. The largest absolute Gasteiger partial charge is 0.494 e. The molecule has 0 aliphatic carbocycles. The number of hydrogen-bond acceptors (Lipinski definition) is 2. The van der Waals surface area contributed by atoms with Crippen LogP contribution in [0.3, 0.4) is 0 Å². The molecule has 3 nitrogen and oxygen atoms in total. The number of amides is 1. The summed E-state index contributed by atoms with van der Waals surface area (Å²) in [6, 6.07) is 6.07. The zero-order valence-corrected chi connectivity index (χ0v) is 11.0. The van der Waals surface area contributed by atoms with E-state index in [0.29, 0.717) is 13.2 Å². The number of rotatable bonds is 6. The van der Waals surface area contributed by atoms with Gasteiger partial charge in [0.25, 0.3) is 0 Å². The van der Waals surface area contributed by atoms with Crippen LogP contribution in [0.15, 0.2) is 18.2 Å². The molecule has 1 aromatic carbocycles. The maximum absolute atomic E-state index is 10.9. The monoisotopic (exact) mass is 255 g/mol. The number of aryl methyl sites for hydroxylation is 1. The molecule has 0 saturated heterocycles. The average Bonchev–Trinajstić information content (AvgIpc) is 2.32. The fourth-order valence-electron chi connectivity index (χ4n) is 1.58. The Morgan fingerprint density at radius 2 is 2.24 bits per heavy atom. The van der Waals surface area contributed by atoms with Crippen molar-refractivity contribution in [2.75, 3.05) is 19.0 Å². The SMILES string of the molecule is CCOc1ccc(CCNC(=O)CCl)cc1C. The smallest absolute Gasteiger partial charge is 0.234 e. The Hall–Kier alpha value is -1.22. The van der Waals surface area contributed by atoms with Gasteiger partial charge in [0.05, 0.1) is 6.61 Å². The van der Waals surface area contributed by atoms with Crippen molar-refractivity contribution in [3.63, 3.8) is 0 Å². The topological polar surface area (TPSA) is 38.3 Å². The lowest BCUT2D eigenvalue weighted by molar-refractivity contribution is -0.118. The lowest BCUT2D eigenvalue weighted by Gasteiger charge is -2.09. The van der Waals surface area contributed by atoms with E-state index in [2.05, 4.69) is 11.4 Å².